The molecular weight excluding hydrogens is 344 g/mol. The van der Waals surface area contributed by atoms with Gasteiger partial charge in [0, 0.05) is 10.9 Å². The Morgan fingerprint density at radius 1 is 0.571 bits per heavy atom. The van der Waals surface area contributed by atoms with Crippen LogP contribution < -0.4 is 5.63 Å². The molecule has 6 rings (SSSR count). The summed E-state index contributed by atoms with van der Waals surface area (Å²) >= 11 is 0. The third kappa shape index (κ3) is 2.71. The van der Waals surface area contributed by atoms with Crippen molar-refractivity contribution < 1.29 is 4.42 Å². The van der Waals surface area contributed by atoms with Crippen LogP contribution in [-0.4, -0.2) is 0 Å². The number of hydrogen-bond acceptors (Lipinski definition) is 2. The highest BCUT2D eigenvalue weighted by molar-refractivity contribution is 6.22. The first-order valence-corrected chi connectivity index (χ1v) is 9.33. The SMILES string of the molecule is Cc1cc2ccccc2oc1=O.c1cc2ccc3cccc4ccc(c1)c2c34. The van der Waals surface area contributed by atoms with E-state index in [1.165, 1.54) is 32.3 Å². The summed E-state index contributed by atoms with van der Waals surface area (Å²) in [6, 6.07) is 31.2. The number of para-hydroxylation sites is 1. The number of benzene rings is 5. The maximum absolute atomic E-state index is 11.1. The average Bonchev–Trinajstić information content (AvgIpc) is 2.73. The maximum atomic E-state index is 11.1. The van der Waals surface area contributed by atoms with E-state index in [1.54, 1.807) is 13.0 Å². The van der Waals surface area contributed by atoms with Crippen LogP contribution in [0.5, 0.6) is 0 Å². The second-order valence-corrected chi connectivity index (χ2v) is 7.04. The van der Waals surface area contributed by atoms with E-state index >= 15 is 0 Å². The summed E-state index contributed by atoms with van der Waals surface area (Å²) in [7, 11) is 0. The zero-order valence-electron chi connectivity index (χ0n) is 15.5. The largest absolute Gasteiger partial charge is 0.423 e. The van der Waals surface area contributed by atoms with Gasteiger partial charge in [-0.3, -0.25) is 0 Å². The predicted molar refractivity (Wildman–Crippen MR) is 117 cm³/mol. The number of fused-ring (bicyclic) bond motifs is 1. The first-order valence-electron chi connectivity index (χ1n) is 9.33. The van der Waals surface area contributed by atoms with Gasteiger partial charge in [0.2, 0.25) is 0 Å². The Morgan fingerprint density at radius 3 is 1.57 bits per heavy atom. The van der Waals surface area contributed by atoms with Gasteiger partial charge in [0.1, 0.15) is 5.58 Å². The summed E-state index contributed by atoms with van der Waals surface area (Å²) in [6.07, 6.45) is 0. The lowest BCUT2D eigenvalue weighted by Gasteiger charge is -2.09. The first-order chi connectivity index (χ1) is 13.7. The molecule has 2 nitrogen and oxygen atoms in total. The van der Waals surface area contributed by atoms with Gasteiger partial charge < -0.3 is 4.42 Å². The van der Waals surface area contributed by atoms with Gasteiger partial charge >= 0.3 is 5.63 Å². The lowest BCUT2D eigenvalue weighted by molar-refractivity contribution is 0.555. The van der Waals surface area contributed by atoms with Gasteiger partial charge in [-0.2, -0.15) is 0 Å². The molecule has 0 fully saturated rings. The normalized spacial score (nSPS) is 11.2. The highest BCUT2D eigenvalue weighted by Crippen LogP contribution is 2.33. The fourth-order valence-corrected chi connectivity index (χ4v) is 3.83. The minimum absolute atomic E-state index is 0.256. The molecule has 6 aromatic rings. The van der Waals surface area contributed by atoms with Gasteiger partial charge in [-0.25, -0.2) is 4.79 Å². The quantitative estimate of drug-likeness (QED) is 0.223. The van der Waals surface area contributed by atoms with Crippen molar-refractivity contribution in [3.8, 4) is 0 Å². The molecule has 0 saturated carbocycles. The van der Waals surface area contributed by atoms with Gasteiger partial charge in [0.15, 0.2) is 0 Å². The minimum atomic E-state index is -0.256. The van der Waals surface area contributed by atoms with Gasteiger partial charge in [0.05, 0.1) is 0 Å². The van der Waals surface area contributed by atoms with Gasteiger partial charge in [-0.15, -0.1) is 0 Å². The Labute approximate surface area is 162 Å². The summed E-state index contributed by atoms with van der Waals surface area (Å²) in [4.78, 5) is 11.1. The molecule has 0 aliphatic heterocycles. The fraction of sp³-hybridized carbons (Fsp3) is 0.0385. The molecule has 0 N–H and O–H groups in total. The molecule has 0 aliphatic rings. The summed E-state index contributed by atoms with van der Waals surface area (Å²) in [5, 5.41) is 9.11. The van der Waals surface area contributed by atoms with E-state index in [1.807, 2.05) is 24.3 Å². The van der Waals surface area contributed by atoms with E-state index in [4.69, 9.17) is 4.42 Å². The van der Waals surface area contributed by atoms with Crippen LogP contribution >= 0.6 is 0 Å². The third-order valence-electron chi connectivity index (χ3n) is 5.21. The first kappa shape index (κ1) is 16.5. The summed E-state index contributed by atoms with van der Waals surface area (Å²) in [5.41, 5.74) is 1.04. The second-order valence-electron chi connectivity index (χ2n) is 7.04. The van der Waals surface area contributed by atoms with Crippen LogP contribution in [0.3, 0.4) is 0 Å². The van der Waals surface area contributed by atoms with Crippen molar-refractivity contribution in [1.29, 1.82) is 0 Å². The lowest BCUT2D eigenvalue weighted by atomic mass is 9.95. The molecule has 2 heteroatoms. The average molecular weight is 362 g/mol. The smallest absolute Gasteiger partial charge is 0.339 e. The van der Waals surface area contributed by atoms with Crippen LogP contribution in [0.15, 0.2) is 100 Å². The van der Waals surface area contributed by atoms with Gasteiger partial charge in [0.25, 0.3) is 0 Å². The molecule has 134 valence electrons. The number of hydrogen-bond donors (Lipinski definition) is 0. The van der Waals surface area contributed by atoms with Crippen LogP contribution in [-0.2, 0) is 0 Å². The highest BCUT2D eigenvalue weighted by atomic mass is 16.4. The summed E-state index contributed by atoms with van der Waals surface area (Å²) in [5.74, 6) is 0. The van der Waals surface area contributed by atoms with Crippen molar-refractivity contribution in [3.05, 3.63) is 107 Å². The monoisotopic (exact) mass is 362 g/mol. The molecule has 5 aromatic carbocycles. The number of rotatable bonds is 0. The van der Waals surface area contributed by atoms with E-state index in [-0.39, 0.29) is 5.63 Å². The Morgan fingerprint density at radius 2 is 1.04 bits per heavy atom. The van der Waals surface area contributed by atoms with E-state index in [0.29, 0.717) is 11.1 Å². The van der Waals surface area contributed by atoms with Crippen molar-refractivity contribution in [3.63, 3.8) is 0 Å². The molecular formula is C26H18O2. The molecule has 0 spiro atoms. The van der Waals surface area contributed by atoms with E-state index < -0.39 is 0 Å². The van der Waals surface area contributed by atoms with Crippen LogP contribution in [0.2, 0.25) is 0 Å². The highest BCUT2D eigenvalue weighted by Gasteiger charge is 2.06. The Balaban J connectivity index is 0.000000128. The molecule has 0 aliphatic carbocycles. The molecule has 1 aromatic heterocycles. The van der Waals surface area contributed by atoms with Gasteiger partial charge in [-0.1, -0.05) is 78.9 Å². The van der Waals surface area contributed by atoms with Crippen molar-refractivity contribution in [2.45, 2.75) is 6.92 Å². The van der Waals surface area contributed by atoms with E-state index in [9.17, 15) is 4.79 Å². The standard InChI is InChI=1S/C16H10.C10H8O2/c1-3-11-7-9-13-5-2-6-14-10-8-12(4-1)15(11)16(13)14;1-7-6-8-4-2-3-5-9(8)12-10(7)11/h1-10H;2-6H,1H3. The maximum Gasteiger partial charge on any atom is 0.339 e. The van der Waals surface area contributed by atoms with E-state index in [0.717, 1.165) is 5.39 Å². The Kier molecular flexibility index (Phi) is 3.84. The molecule has 0 amide bonds. The molecule has 28 heavy (non-hydrogen) atoms. The number of aryl methyl sites for hydroxylation is 1. The van der Waals surface area contributed by atoms with Crippen molar-refractivity contribution in [1.82, 2.24) is 0 Å². The molecule has 0 bridgehead atoms. The zero-order valence-corrected chi connectivity index (χ0v) is 15.5. The van der Waals surface area contributed by atoms with Crippen molar-refractivity contribution >= 4 is 43.3 Å². The summed E-state index contributed by atoms with van der Waals surface area (Å²) in [6.45, 7) is 1.75. The topological polar surface area (TPSA) is 30.2 Å². The third-order valence-corrected chi connectivity index (χ3v) is 5.21. The molecule has 0 atom stereocenters. The van der Waals surface area contributed by atoms with Crippen molar-refractivity contribution in [2.75, 3.05) is 0 Å². The van der Waals surface area contributed by atoms with E-state index in [2.05, 4.69) is 60.7 Å². The zero-order chi connectivity index (χ0) is 19.1. The molecule has 0 saturated heterocycles. The molecule has 1 heterocycles. The minimum Gasteiger partial charge on any atom is -0.423 e. The summed E-state index contributed by atoms with van der Waals surface area (Å²) < 4.78 is 5.04. The Bertz CT molecular complexity index is 1360. The van der Waals surface area contributed by atoms with Gasteiger partial charge in [-0.05, 0) is 51.4 Å². The van der Waals surface area contributed by atoms with Crippen LogP contribution in [0, 0.1) is 6.92 Å². The van der Waals surface area contributed by atoms with Crippen LogP contribution in [0.25, 0.3) is 43.3 Å². The fourth-order valence-electron chi connectivity index (χ4n) is 3.83. The second kappa shape index (κ2) is 6.50. The predicted octanol–water partition coefficient (Wildman–Crippen LogP) is 6.69. The lowest BCUT2D eigenvalue weighted by Crippen LogP contribution is -2.01. The molecule has 0 radical (unpaired) electrons. The van der Waals surface area contributed by atoms with Crippen LogP contribution in [0.4, 0.5) is 0 Å². The van der Waals surface area contributed by atoms with Crippen LogP contribution in [0.1, 0.15) is 5.56 Å². The molecule has 0 unspecified atom stereocenters. The Hall–Kier alpha value is -3.65. The van der Waals surface area contributed by atoms with Crippen molar-refractivity contribution in [2.24, 2.45) is 0 Å².